The largest absolute Gasteiger partial charge is 0.393 e. The van der Waals surface area contributed by atoms with E-state index in [1.165, 1.54) is 0 Å². The number of carbonyl (C=O) groups excluding carboxylic acids is 1. The number of aliphatic hydroxyl groups is 1. The summed E-state index contributed by atoms with van der Waals surface area (Å²) < 4.78 is 0. The summed E-state index contributed by atoms with van der Waals surface area (Å²) in [5.41, 5.74) is 5.21. The molecule has 1 fully saturated rings. The highest BCUT2D eigenvalue weighted by atomic mass is 35.5. The molecule has 3 unspecified atom stereocenters. The molecule has 0 saturated carbocycles. The second kappa shape index (κ2) is 6.22. The number of aliphatic hydroxyl groups excluding tert-OH is 1. The Morgan fingerprint density at radius 3 is 2.86 bits per heavy atom. The molecule has 1 aliphatic rings. The Balaban J connectivity index is 0.00000169. The third kappa shape index (κ3) is 3.82. The van der Waals surface area contributed by atoms with Crippen LogP contribution in [0.25, 0.3) is 0 Å². The van der Waals surface area contributed by atoms with Gasteiger partial charge in [-0.15, -0.1) is 12.4 Å². The number of amides is 1. The van der Waals surface area contributed by atoms with E-state index < -0.39 is 0 Å². The number of hydrogen-bond acceptors (Lipinski definition) is 3. The smallest absolute Gasteiger partial charge is 0.220 e. The number of nitrogens with two attached hydrogens (primary N) is 1. The summed E-state index contributed by atoms with van der Waals surface area (Å²) in [6.07, 6.45) is 1.15. The highest BCUT2D eigenvalue weighted by Crippen LogP contribution is 2.20. The van der Waals surface area contributed by atoms with E-state index in [9.17, 15) is 9.90 Å². The number of nitrogens with one attached hydrogen (secondary N) is 1. The van der Waals surface area contributed by atoms with E-state index in [4.69, 9.17) is 5.73 Å². The first kappa shape index (κ1) is 13.7. The molecule has 0 aliphatic carbocycles. The lowest BCUT2D eigenvalue weighted by atomic mass is 9.88. The third-order valence-corrected chi connectivity index (χ3v) is 2.79. The Kier molecular flexibility index (Phi) is 6.08. The van der Waals surface area contributed by atoms with Crippen LogP contribution in [0, 0.1) is 11.8 Å². The predicted octanol–water partition coefficient (Wildman–Crippen LogP) is -0.110. The number of carbonyl (C=O) groups is 1. The summed E-state index contributed by atoms with van der Waals surface area (Å²) in [6.45, 7) is 3.43. The quantitative estimate of drug-likeness (QED) is 0.610. The molecule has 1 saturated heterocycles. The molecule has 1 rings (SSSR count). The predicted molar refractivity (Wildman–Crippen MR) is 57.2 cm³/mol. The third-order valence-electron chi connectivity index (χ3n) is 2.79. The summed E-state index contributed by atoms with van der Waals surface area (Å²) in [5.74, 6) is -0.254. The molecule has 0 spiro atoms. The van der Waals surface area contributed by atoms with Gasteiger partial charge in [-0.1, -0.05) is 6.92 Å². The molecule has 1 amide bonds. The lowest BCUT2D eigenvalue weighted by Gasteiger charge is -2.20. The summed E-state index contributed by atoms with van der Waals surface area (Å²) in [6, 6.07) is 0. The van der Waals surface area contributed by atoms with E-state index in [-0.39, 0.29) is 36.3 Å². The number of primary amides is 1. The minimum atomic E-state index is -0.290. The fourth-order valence-corrected chi connectivity index (χ4v) is 1.72. The van der Waals surface area contributed by atoms with Gasteiger partial charge in [-0.3, -0.25) is 4.79 Å². The van der Waals surface area contributed by atoms with Crippen molar-refractivity contribution in [2.24, 2.45) is 17.6 Å². The Hall–Kier alpha value is -0.320. The lowest BCUT2D eigenvalue weighted by Crippen LogP contribution is -2.33. The minimum Gasteiger partial charge on any atom is -0.393 e. The summed E-state index contributed by atoms with van der Waals surface area (Å²) >= 11 is 0. The molecule has 0 aromatic rings. The zero-order valence-corrected chi connectivity index (χ0v) is 9.22. The normalized spacial score (nSPS) is 29.9. The molecule has 0 radical (unpaired) electrons. The minimum absolute atomic E-state index is 0. The monoisotopic (exact) mass is 222 g/mol. The van der Waals surface area contributed by atoms with Crippen LogP contribution in [0.15, 0.2) is 0 Å². The maximum atomic E-state index is 10.9. The molecular weight excluding hydrogens is 204 g/mol. The van der Waals surface area contributed by atoms with Crippen molar-refractivity contribution < 1.29 is 9.90 Å². The van der Waals surface area contributed by atoms with Gasteiger partial charge < -0.3 is 16.2 Å². The van der Waals surface area contributed by atoms with E-state index in [0.717, 1.165) is 19.5 Å². The molecule has 14 heavy (non-hydrogen) atoms. The van der Waals surface area contributed by atoms with Crippen molar-refractivity contribution in [2.45, 2.75) is 25.9 Å². The van der Waals surface area contributed by atoms with Gasteiger partial charge in [0, 0.05) is 5.92 Å². The SMILES string of the molecule is CC(C(N)=O)C1CNCCC(O)C1.Cl. The molecule has 3 atom stereocenters. The zero-order valence-electron chi connectivity index (χ0n) is 8.40. The topological polar surface area (TPSA) is 75.4 Å². The van der Waals surface area contributed by atoms with Crippen molar-refractivity contribution >= 4 is 18.3 Å². The molecular formula is C9H19ClN2O2. The van der Waals surface area contributed by atoms with Crippen LogP contribution in [0.3, 0.4) is 0 Å². The Labute approximate surface area is 90.7 Å². The molecule has 4 N–H and O–H groups in total. The van der Waals surface area contributed by atoms with Crippen LogP contribution in [0.5, 0.6) is 0 Å². The number of halogens is 1. The Morgan fingerprint density at radius 1 is 1.64 bits per heavy atom. The van der Waals surface area contributed by atoms with Crippen molar-refractivity contribution in [3.63, 3.8) is 0 Å². The molecule has 84 valence electrons. The van der Waals surface area contributed by atoms with Gasteiger partial charge in [0.2, 0.25) is 5.91 Å². The number of hydrogen-bond donors (Lipinski definition) is 3. The van der Waals surface area contributed by atoms with Gasteiger partial charge in [-0.2, -0.15) is 0 Å². The van der Waals surface area contributed by atoms with E-state index >= 15 is 0 Å². The average molecular weight is 223 g/mol. The van der Waals surface area contributed by atoms with Crippen LogP contribution < -0.4 is 11.1 Å². The highest BCUT2D eigenvalue weighted by molar-refractivity contribution is 5.85. The molecule has 1 aliphatic heterocycles. The van der Waals surface area contributed by atoms with Crippen molar-refractivity contribution in [3.05, 3.63) is 0 Å². The lowest BCUT2D eigenvalue weighted by molar-refractivity contribution is -0.123. The molecule has 0 aromatic carbocycles. The van der Waals surface area contributed by atoms with Crippen molar-refractivity contribution in [2.75, 3.05) is 13.1 Å². The molecule has 5 heteroatoms. The molecule has 0 aromatic heterocycles. The first-order valence-corrected chi connectivity index (χ1v) is 4.79. The van der Waals surface area contributed by atoms with Crippen molar-refractivity contribution in [3.8, 4) is 0 Å². The number of rotatable bonds is 2. The van der Waals surface area contributed by atoms with Crippen LogP contribution in [-0.2, 0) is 4.79 Å². The van der Waals surface area contributed by atoms with E-state index in [1.807, 2.05) is 6.92 Å². The molecule has 4 nitrogen and oxygen atoms in total. The van der Waals surface area contributed by atoms with Crippen LogP contribution >= 0.6 is 12.4 Å². The second-order valence-corrected chi connectivity index (χ2v) is 3.83. The summed E-state index contributed by atoms with van der Waals surface area (Å²) in [4.78, 5) is 10.9. The first-order chi connectivity index (χ1) is 6.11. The first-order valence-electron chi connectivity index (χ1n) is 4.79. The fraction of sp³-hybridized carbons (Fsp3) is 0.889. The Morgan fingerprint density at radius 2 is 2.29 bits per heavy atom. The van der Waals surface area contributed by atoms with Gasteiger partial charge in [0.05, 0.1) is 6.10 Å². The molecule has 1 heterocycles. The standard InChI is InChI=1S/C9H18N2O2.ClH/c1-6(9(10)13)7-4-8(12)2-3-11-5-7;/h6-8,11-12H,2-5H2,1H3,(H2,10,13);1H. The average Bonchev–Trinajstić information content (AvgIpc) is 2.28. The maximum Gasteiger partial charge on any atom is 0.220 e. The van der Waals surface area contributed by atoms with Crippen LogP contribution in [0.2, 0.25) is 0 Å². The van der Waals surface area contributed by atoms with Crippen molar-refractivity contribution in [1.29, 1.82) is 0 Å². The fourth-order valence-electron chi connectivity index (χ4n) is 1.72. The zero-order chi connectivity index (χ0) is 9.84. The van der Waals surface area contributed by atoms with E-state index in [1.54, 1.807) is 0 Å². The maximum absolute atomic E-state index is 10.9. The van der Waals surface area contributed by atoms with E-state index in [2.05, 4.69) is 5.32 Å². The van der Waals surface area contributed by atoms with Crippen LogP contribution in [0.4, 0.5) is 0 Å². The van der Waals surface area contributed by atoms with Gasteiger partial charge in [0.15, 0.2) is 0 Å². The van der Waals surface area contributed by atoms with Gasteiger partial charge in [-0.25, -0.2) is 0 Å². The van der Waals surface area contributed by atoms with Gasteiger partial charge in [-0.05, 0) is 31.8 Å². The summed E-state index contributed by atoms with van der Waals surface area (Å²) in [7, 11) is 0. The van der Waals surface area contributed by atoms with E-state index in [0.29, 0.717) is 6.42 Å². The summed E-state index contributed by atoms with van der Waals surface area (Å²) in [5, 5.41) is 12.7. The van der Waals surface area contributed by atoms with Gasteiger partial charge >= 0.3 is 0 Å². The van der Waals surface area contributed by atoms with Gasteiger partial charge in [0.1, 0.15) is 0 Å². The van der Waals surface area contributed by atoms with Crippen molar-refractivity contribution in [1.82, 2.24) is 5.32 Å². The van der Waals surface area contributed by atoms with Crippen LogP contribution in [-0.4, -0.2) is 30.2 Å². The molecule has 0 bridgehead atoms. The van der Waals surface area contributed by atoms with Crippen LogP contribution in [0.1, 0.15) is 19.8 Å². The highest BCUT2D eigenvalue weighted by Gasteiger charge is 2.26. The Bertz CT molecular complexity index is 190. The second-order valence-electron chi connectivity index (χ2n) is 3.83. The van der Waals surface area contributed by atoms with Gasteiger partial charge in [0.25, 0.3) is 0 Å².